The molecular formula is C33H32N6O2. The average Bonchev–Trinajstić information content (AvgIpc) is 2.97. The third kappa shape index (κ3) is 7.43. The summed E-state index contributed by atoms with van der Waals surface area (Å²) in [7, 11) is 4.12. The molecule has 0 saturated heterocycles. The Morgan fingerprint density at radius 3 is 2.56 bits per heavy atom. The van der Waals surface area contributed by atoms with Crippen LogP contribution in [0.5, 0.6) is 0 Å². The predicted molar refractivity (Wildman–Crippen MR) is 161 cm³/mol. The highest BCUT2D eigenvalue weighted by Crippen LogP contribution is 2.15. The second kappa shape index (κ2) is 13.0. The number of aromatic nitrogens is 5. The van der Waals surface area contributed by atoms with Crippen LogP contribution in [0.2, 0.25) is 0 Å². The number of hydrogen-bond donors (Lipinski definition) is 0. The van der Waals surface area contributed by atoms with Crippen LogP contribution < -0.4 is 5.56 Å². The number of Topliss-reactive ketones (excluding diaryl/α,β-unsaturated/α-hetero) is 1. The van der Waals surface area contributed by atoms with Crippen molar-refractivity contribution >= 4 is 22.8 Å². The van der Waals surface area contributed by atoms with E-state index in [9.17, 15) is 9.59 Å². The lowest BCUT2D eigenvalue weighted by Gasteiger charge is -2.10. The zero-order chi connectivity index (χ0) is 28.6. The third-order valence-electron chi connectivity index (χ3n) is 6.64. The van der Waals surface area contributed by atoms with Gasteiger partial charge in [0, 0.05) is 49.6 Å². The monoisotopic (exact) mass is 544 g/mol. The van der Waals surface area contributed by atoms with E-state index < -0.39 is 0 Å². The molecule has 0 bridgehead atoms. The molecule has 0 amide bonds. The Labute approximate surface area is 239 Å². The number of ketones is 1. The smallest absolute Gasteiger partial charge is 0.261 e. The number of hydrogen-bond acceptors (Lipinski definition) is 7. The minimum absolute atomic E-state index is 0.181. The van der Waals surface area contributed by atoms with Crippen molar-refractivity contribution in [3.63, 3.8) is 0 Å². The van der Waals surface area contributed by atoms with Gasteiger partial charge in [0.2, 0.25) is 0 Å². The van der Waals surface area contributed by atoms with E-state index in [4.69, 9.17) is 4.98 Å². The van der Waals surface area contributed by atoms with Crippen LogP contribution in [0.3, 0.4) is 0 Å². The van der Waals surface area contributed by atoms with Crippen LogP contribution in [0.4, 0.5) is 0 Å². The van der Waals surface area contributed by atoms with Crippen LogP contribution in [0.1, 0.15) is 51.4 Å². The minimum Gasteiger partial charge on any atom is -0.310 e. The van der Waals surface area contributed by atoms with Crippen LogP contribution >= 0.6 is 0 Å². The molecule has 5 aromatic rings. The quantitative estimate of drug-likeness (QED) is 0.217. The number of allylic oxidation sites excluding steroid dienone is 1. The molecule has 0 unspecified atom stereocenters. The Bertz CT molecular complexity index is 1730. The summed E-state index contributed by atoms with van der Waals surface area (Å²) in [5.41, 5.74) is 4.80. The molecule has 1 aromatic carbocycles. The summed E-state index contributed by atoms with van der Waals surface area (Å²) < 4.78 is 1.54. The first-order valence-electron chi connectivity index (χ1n) is 13.6. The normalized spacial score (nSPS) is 11.5. The Morgan fingerprint density at radius 1 is 0.951 bits per heavy atom. The van der Waals surface area contributed by atoms with Crippen molar-refractivity contribution in [2.24, 2.45) is 0 Å². The van der Waals surface area contributed by atoms with Crippen molar-refractivity contribution in [1.82, 2.24) is 29.4 Å². The summed E-state index contributed by atoms with van der Waals surface area (Å²) in [5.74, 6) is 0.571. The Kier molecular flexibility index (Phi) is 8.81. The van der Waals surface area contributed by atoms with Crippen molar-refractivity contribution in [2.75, 3.05) is 14.1 Å². The Morgan fingerprint density at radius 2 is 1.78 bits per heavy atom. The van der Waals surface area contributed by atoms with Crippen LogP contribution in [0, 0.1) is 0 Å². The molecule has 0 N–H and O–H groups in total. The zero-order valence-corrected chi connectivity index (χ0v) is 23.3. The molecule has 0 aliphatic carbocycles. The maximum atomic E-state index is 12.8. The molecule has 5 rings (SSSR count). The average molecular weight is 545 g/mol. The molecule has 4 aromatic heterocycles. The fourth-order valence-electron chi connectivity index (χ4n) is 4.59. The van der Waals surface area contributed by atoms with E-state index in [0.717, 1.165) is 40.1 Å². The van der Waals surface area contributed by atoms with E-state index in [0.29, 0.717) is 19.4 Å². The van der Waals surface area contributed by atoms with E-state index >= 15 is 0 Å². The summed E-state index contributed by atoms with van der Waals surface area (Å²) in [6.07, 6.45) is 13.8. The number of benzene rings is 1. The number of rotatable bonds is 11. The maximum Gasteiger partial charge on any atom is 0.261 e. The van der Waals surface area contributed by atoms with Gasteiger partial charge in [0.1, 0.15) is 5.82 Å². The third-order valence-corrected chi connectivity index (χ3v) is 6.64. The molecule has 206 valence electrons. The van der Waals surface area contributed by atoms with Crippen LogP contribution in [0.15, 0.2) is 96.5 Å². The molecule has 0 spiro atoms. The number of fused-ring (bicyclic) bond motifs is 1. The lowest BCUT2D eigenvalue weighted by Crippen LogP contribution is -2.26. The van der Waals surface area contributed by atoms with Crippen molar-refractivity contribution in [3.05, 3.63) is 136 Å². The van der Waals surface area contributed by atoms with Crippen LogP contribution in [0.25, 0.3) is 17.0 Å². The largest absolute Gasteiger partial charge is 0.310 e. The first-order chi connectivity index (χ1) is 19.9. The van der Waals surface area contributed by atoms with Crippen LogP contribution in [-0.4, -0.2) is 49.3 Å². The summed E-state index contributed by atoms with van der Waals surface area (Å²) in [6.45, 7) is 1.28. The van der Waals surface area contributed by atoms with Gasteiger partial charge >= 0.3 is 0 Å². The van der Waals surface area contributed by atoms with Gasteiger partial charge in [0.15, 0.2) is 5.78 Å². The minimum atomic E-state index is -0.290. The SMILES string of the molecule is CN(C)Cc1ccc(Cc2ncc3cc(/C=C/CCC(=O)c4cccn(Cc5cccnc5)c4=O)ncc3n2)cc1. The highest BCUT2D eigenvalue weighted by Gasteiger charge is 2.12. The first kappa shape index (κ1) is 27.7. The first-order valence-corrected chi connectivity index (χ1v) is 13.6. The summed E-state index contributed by atoms with van der Waals surface area (Å²) in [5, 5.41) is 0.902. The van der Waals surface area contributed by atoms with Gasteiger partial charge in [0.05, 0.1) is 29.5 Å². The second-order valence-corrected chi connectivity index (χ2v) is 10.3. The molecule has 8 nitrogen and oxygen atoms in total. The standard InChI is InChI=1S/C33H32N6O2/c1-38(2)22-25-13-11-24(12-14-25)17-32-36-20-27-18-28(35-21-30(27)37-32)8-3-4-10-31(40)29-9-6-16-39(33(29)41)23-26-7-5-15-34-19-26/h3,5-9,11-16,18-21H,4,10,17,22-23H2,1-2H3/b8-3+. The highest BCUT2D eigenvalue weighted by molar-refractivity contribution is 5.95. The van der Waals surface area contributed by atoms with Gasteiger partial charge in [-0.1, -0.05) is 36.4 Å². The maximum absolute atomic E-state index is 12.8. The summed E-state index contributed by atoms with van der Waals surface area (Å²) in [4.78, 5) is 45.6. The van der Waals surface area contributed by atoms with Crippen molar-refractivity contribution < 1.29 is 4.79 Å². The van der Waals surface area contributed by atoms with E-state index in [1.807, 2.05) is 36.5 Å². The van der Waals surface area contributed by atoms with Gasteiger partial charge in [-0.2, -0.15) is 0 Å². The van der Waals surface area contributed by atoms with Crippen molar-refractivity contribution in [3.8, 4) is 0 Å². The predicted octanol–water partition coefficient (Wildman–Crippen LogP) is 4.96. The van der Waals surface area contributed by atoms with Gasteiger partial charge < -0.3 is 9.47 Å². The van der Waals surface area contributed by atoms with E-state index in [-0.39, 0.29) is 23.3 Å². The second-order valence-electron chi connectivity index (χ2n) is 10.3. The number of nitrogens with zero attached hydrogens (tertiary/aromatic N) is 6. The number of carbonyl (C=O) groups excluding carboxylic acids is 1. The molecule has 0 fully saturated rings. The Balaban J connectivity index is 1.17. The van der Waals surface area contributed by atoms with Crippen LogP contribution in [-0.2, 0) is 19.5 Å². The number of carbonyl (C=O) groups is 1. The van der Waals surface area contributed by atoms with E-state index in [1.54, 1.807) is 36.9 Å². The Hall–Kier alpha value is -4.82. The van der Waals surface area contributed by atoms with Gasteiger partial charge in [0.25, 0.3) is 5.56 Å². The zero-order valence-electron chi connectivity index (χ0n) is 23.3. The molecule has 0 radical (unpaired) electrons. The highest BCUT2D eigenvalue weighted by atomic mass is 16.1. The molecule has 41 heavy (non-hydrogen) atoms. The van der Waals surface area contributed by atoms with Gasteiger partial charge in [-0.05, 0) is 67.5 Å². The van der Waals surface area contributed by atoms with Gasteiger partial charge in [-0.25, -0.2) is 9.97 Å². The topological polar surface area (TPSA) is 93.9 Å². The summed E-state index contributed by atoms with van der Waals surface area (Å²) in [6, 6.07) is 17.5. The molecule has 0 aliphatic heterocycles. The van der Waals surface area contributed by atoms with Crippen molar-refractivity contribution in [2.45, 2.75) is 32.4 Å². The lowest BCUT2D eigenvalue weighted by molar-refractivity contribution is 0.0981. The molecule has 0 saturated carbocycles. The van der Waals surface area contributed by atoms with E-state index in [2.05, 4.69) is 58.2 Å². The van der Waals surface area contributed by atoms with Gasteiger partial charge in [-0.3, -0.25) is 19.6 Å². The van der Waals surface area contributed by atoms with Gasteiger partial charge in [-0.15, -0.1) is 0 Å². The fourth-order valence-corrected chi connectivity index (χ4v) is 4.59. The molecule has 0 aliphatic rings. The van der Waals surface area contributed by atoms with Crippen molar-refractivity contribution in [1.29, 1.82) is 0 Å². The number of pyridine rings is 3. The van der Waals surface area contributed by atoms with E-state index in [1.165, 1.54) is 10.1 Å². The summed E-state index contributed by atoms with van der Waals surface area (Å²) >= 11 is 0. The fraction of sp³-hybridized carbons (Fsp3) is 0.212. The molecule has 4 heterocycles. The molecule has 0 atom stereocenters. The molecular weight excluding hydrogens is 512 g/mol. The lowest BCUT2D eigenvalue weighted by atomic mass is 10.1. The molecule has 8 heteroatoms.